The maximum atomic E-state index is 12.3. The van der Waals surface area contributed by atoms with E-state index in [1.54, 1.807) is 29.2 Å². The molecule has 1 aromatic rings. The number of nitrogens with zero attached hydrogens (tertiary/aromatic N) is 1. The highest BCUT2D eigenvalue weighted by Crippen LogP contribution is 2.22. The number of rotatable bonds is 5. The number of likely N-dealkylation sites (tertiary alicyclic amines) is 1. The van der Waals surface area contributed by atoms with Crippen LogP contribution in [0.3, 0.4) is 0 Å². The molecule has 1 N–H and O–H groups in total. The Hall–Kier alpha value is -2.08. The monoisotopic (exact) mass is 366 g/mol. The minimum atomic E-state index is -0.645. The van der Waals surface area contributed by atoms with Crippen LogP contribution in [-0.2, 0) is 14.3 Å². The number of halogens is 1. The number of esters is 1. The van der Waals surface area contributed by atoms with Gasteiger partial charge in [0.05, 0.1) is 0 Å². The fraction of sp³-hybridized carbons (Fsp3) is 0.500. The molecule has 1 aliphatic heterocycles. The molecule has 0 unspecified atom stereocenters. The zero-order valence-corrected chi connectivity index (χ0v) is 15.2. The van der Waals surface area contributed by atoms with Crippen LogP contribution in [0.5, 0.6) is 0 Å². The molecule has 0 aromatic heterocycles. The highest BCUT2D eigenvalue weighted by atomic mass is 35.5. The van der Waals surface area contributed by atoms with Gasteiger partial charge in [-0.1, -0.05) is 11.6 Å². The van der Waals surface area contributed by atoms with Gasteiger partial charge in [-0.2, -0.15) is 0 Å². The number of hydrogen-bond donors (Lipinski definition) is 1. The molecular weight excluding hydrogens is 344 g/mol. The van der Waals surface area contributed by atoms with Gasteiger partial charge in [0, 0.05) is 22.7 Å². The highest BCUT2D eigenvalue weighted by molar-refractivity contribution is 6.30. The average Bonchev–Trinajstić information content (AvgIpc) is 2.58. The number of carbonyl (C=O) groups excluding carboxylic acids is 3. The predicted octanol–water partition coefficient (Wildman–Crippen LogP) is 2.40. The second-order valence-electron chi connectivity index (χ2n) is 6.28. The van der Waals surface area contributed by atoms with Gasteiger partial charge in [-0.05, 0) is 57.4 Å². The second-order valence-corrected chi connectivity index (χ2v) is 6.72. The van der Waals surface area contributed by atoms with Crippen molar-refractivity contribution in [2.75, 3.05) is 13.2 Å². The summed E-state index contributed by atoms with van der Waals surface area (Å²) in [6.07, 6.45) is 3.02. The van der Waals surface area contributed by atoms with Crippen LogP contribution in [0.2, 0.25) is 5.02 Å². The third-order valence-electron chi connectivity index (χ3n) is 4.34. The van der Waals surface area contributed by atoms with Crippen molar-refractivity contribution in [1.29, 1.82) is 0 Å². The van der Waals surface area contributed by atoms with Crippen LogP contribution in [-0.4, -0.2) is 47.9 Å². The van der Waals surface area contributed by atoms with Gasteiger partial charge >= 0.3 is 5.97 Å². The minimum Gasteiger partial charge on any atom is -0.454 e. The zero-order chi connectivity index (χ0) is 18.4. The molecular formula is C18H23ClN2O4. The van der Waals surface area contributed by atoms with E-state index in [0.717, 1.165) is 19.3 Å². The van der Waals surface area contributed by atoms with Crippen LogP contribution in [0.15, 0.2) is 24.3 Å². The molecule has 2 rings (SSSR count). The number of piperidine rings is 1. The molecule has 7 heteroatoms. The van der Waals surface area contributed by atoms with Crippen LogP contribution in [0.25, 0.3) is 0 Å². The molecule has 1 heterocycles. The second kappa shape index (κ2) is 8.85. The fourth-order valence-electron chi connectivity index (χ4n) is 3.04. The summed E-state index contributed by atoms with van der Waals surface area (Å²) < 4.78 is 4.99. The van der Waals surface area contributed by atoms with Gasteiger partial charge in [0.25, 0.3) is 11.8 Å². The molecule has 0 radical (unpaired) electrons. The first-order valence-electron chi connectivity index (χ1n) is 8.39. The number of benzene rings is 1. The first-order chi connectivity index (χ1) is 11.9. The summed E-state index contributed by atoms with van der Waals surface area (Å²) in [4.78, 5) is 37.7. The first kappa shape index (κ1) is 19.2. The third-order valence-corrected chi connectivity index (χ3v) is 4.59. The smallest absolute Gasteiger partial charge is 0.325 e. The quantitative estimate of drug-likeness (QED) is 0.812. The van der Waals surface area contributed by atoms with E-state index in [1.807, 2.05) is 13.8 Å². The van der Waals surface area contributed by atoms with Gasteiger partial charge in [0.1, 0.15) is 6.54 Å². The molecule has 136 valence electrons. The lowest BCUT2D eigenvalue weighted by Gasteiger charge is -2.38. The van der Waals surface area contributed by atoms with Crippen LogP contribution in [0.1, 0.15) is 43.5 Å². The van der Waals surface area contributed by atoms with E-state index < -0.39 is 11.9 Å². The van der Waals surface area contributed by atoms with Gasteiger partial charge in [0.15, 0.2) is 6.61 Å². The predicted molar refractivity (Wildman–Crippen MR) is 94.4 cm³/mol. The Morgan fingerprint density at radius 1 is 1.16 bits per heavy atom. The van der Waals surface area contributed by atoms with Crippen molar-refractivity contribution in [1.82, 2.24) is 10.2 Å². The summed E-state index contributed by atoms with van der Waals surface area (Å²) in [5, 5.41) is 2.98. The summed E-state index contributed by atoms with van der Waals surface area (Å²) in [5.41, 5.74) is 0.393. The van der Waals surface area contributed by atoms with Gasteiger partial charge in [0.2, 0.25) is 0 Å². The molecule has 0 bridgehead atoms. The Kier molecular flexibility index (Phi) is 6.82. The van der Waals surface area contributed by atoms with Gasteiger partial charge in [-0.3, -0.25) is 14.4 Å². The number of hydrogen-bond acceptors (Lipinski definition) is 4. The normalized spacial score (nSPS) is 20.0. The molecule has 2 atom stereocenters. The Balaban J connectivity index is 1.75. The molecule has 2 amide bonds. The van der Waals surface area contributed by atoms with Gasteiger partial charge in [-0.25, -0.2) is 0 Å². The molecule has 1 saturated heterocycles. The van der Waals surface area contributed by atoms with E-state index in [0.29, 0.717) is 10.6 Å². The van der Waals surface area contributed by atoms with Crippen LogP contribution < -0.4 is 5.32 Å². The Labute approximate surface area is 152 Å². The summed E-state index contributed by atoms with van der Waals surface area (Å²) in [7, 11) is 0. The zero-order valence-electron chi connectivity index (χ0n) is 14.5. The molecule has 0 aliphatic carbocycles. The number of nitrogens with one attached hydrogen (secondary N) is 1. The molecule has 0 spiro atoms. The van der Waals surface area contributed by atoms with Crippen molar-refractivity contribution in [2.24, 2.45) is 0 Å². The molecule has 1 aromatic carbocycles. The van der Waals surface area contributed by atoms with Crippen molar-refractivity contribution in [3.63, 3.8) is 0 Å². The SMILES string of the molecule is C[C@@H]1CCC[C@H](C)N1C(=O)COC(=O)CNC(=O)c1ccc(Cl)cc1. The Bertz CT molecular complexity index is 622. The summed E-state index contributed by atoms with van der Waals surface area (Å²) in [6, 6.07) is 6.61. The maximum Gasteiger partial charge on any atom is 0.325 e. The van der Waals surface area contributed by atoms with Crippen molar-refractivity contribution in [3.05, 3.63) is 34.9 Å². The van der Waals surface area contributed by atoms with Crippen molar-refractivity contribution >= 4 is 29.4 Å². The largest absolute Gasteiger partial charge is 0.454 e. The van der Waals surface area contributed by atoms with Gasteiger partial charge < -0.3 is 15.0 Å². The van der Waals surface area contributed by atoms with Crippen LogP contribution in [0, 0.1) is 0 Å². The fourth-order valence-corrected chi connectivity index (χ4v) is 3.16. The Morgan fingerprint density at radius 2 is 1.76 bits per heavy atom. The van der Waals surface area contributed by atoms with E-state index in [9.17, 15) is 14.4 Å². The average molecular weight is 367 g/mol. The van der Waals surface area contributed by atoms with Crippen molar-refractivity contribution < 1.29 is 19.1 Å². The third kappa shape index (κ3) is 5.46. The molecule has 1 aliphatic rings. The minimum absolute atomic E-state index is 0.152. The van der Waals surface area contributed by atoms with Crippen molar-refractivity contribution in [2.45, 2.75) is 45.2 Å². The van der Waals surface area contributed by atoms with E-state index in [-0.39, 0.29) is 31.1 Å². The van der Waals surface area contributed by atoms with E-state index in [1.165, 1.54) is 0 Å². The lowest BCUT2D eigenvalue weighted by molar-refractivity contribution is -0.154. The molecule has 0 saturated carbocycles. The maximum absolute atomic E-state index is 12.3. The van der Waals surface area contributed by atoms with E-state index in [2.05, 4.69) is 5.32 Å². The summed E-state index contributed by atoms with van der Waals surface area (Å²) in [6.45, 7) is 3.41. The van der Waals surface area contributed by atoms with Gasteiger partial charge in [-0.15, -0.1) is 0 Å². The number of ether oxygens (including phenoxy) is 1. The Morgan fingerprint density at radius 3 is 2.36 bits per heavy atom. The molecule has 1 fully saturated rings. The number of carbonyl (C=O) groups is 3. The lowest BCUT2D eigenvalue weighted by Crippen LogP contribution is -2.49. The van der Waals surface area contributed by atoms with E-state index in [4.69, 9.17) is 16.3 Å². The topological polar surface area (TPSA) is 75.7 Å². The number of amides is 2. The summed E-state index contributed by atoms with van der Waals surface area (Å²) >= 11 is 5.76. The molecule has 25 heavy (non-hydrogen) atoms. The lowest BCUT2D eigenvalue weighted by atomic mass is 9.97. The van der Waals surface area contributed by atoms with E-state index >= 15 is 0 Å². The highest BCUT2D eigenvalue weighted by Gasteiger charge is 2.29. The van der Waals surface area contributed by atoms with Crippen molar-refractivity contribution in [3.8, 4) is 0 Å². The van der Waals surface area contributed by atoms with Crippen LogP contribution >= 0.6 is 11.6 Å². The first-order valence-corrected chi connectivity index (χ1v) is 8.77. The molecule has 6 nitrogen and oxygen atoms in total. The summed E-state index contributed by atoms with van der Waals surface area (Å²) in [5.74, 6) is -1.25. The van der Waals surface area contributed by atoms with Crippen LogP contribution in [0.4, 0.5) is 0 Å². The standard InChI is InChI=1S/C18H23ClN2O4/c1-12-4-3-5-13(2)21(12)16(22)11-25-17(23)10-20-18(24)14-6-8-15(19)9-7-14/h6-9,12-13H,3-5,10-11H2,1-2H3,(H,20,24)/t12-,13+.